The zero-order valence-electron chi connectivity index (χ0n) is 16.1. The molecule has 29 heavy (non-hydrogen) atoms. The monoisotopic (exact) mass is 391 g/mol. The van der Waals surface area contributed by atoms with E-state index in [1.807, 2.05) is 60.7 Å². The van der Waals surface area contributed by atoms with Crippen LogP contribution in [-0.4, -0.2) is 27.7 Å². The van der Waals surface area contributed by atoms with Crippen LogP contribution in [0, 0.1) is 28.6 Å². The highest BCUT2D eigenvalue weighted by Gasteiger charge is 2.90. The molecule has 0 saturated heterocycles. The van der Waals surface area contributed by atoms with Gasteiger partial charge in [0.15, 0.2) is 0 Å². The van der Waals surface area contributed by atoms with Crippen LogP contribution in [0.25, 0.3) is 0 Å². The average Bonchev–Trinajstić information content (AvgIpc) is 3.59. The molecule has 5 heteroatoms. The van der Waals surface area contributed by atoms with E-state index in [0.29, 0.717) is 12.8 Å². The molecule has 2 aromatic carbocycles. The first-order chi connectivity index (χ1) is 13.9. The van der Waals surface area contributed by atoms with Crippen LogP contribution < -0.4 is 5.73 Å². The van der Waals surface area contributed by atoms with Crippen molar-refractivity contribution in [1.82, 2.24) is 0 Å². The van der Waals surface area contributed by atoms with Gasteiger partial charge in [0.25, 0.3) is 0 Å². The van der Waals surface area contributed by atoms with Crippen LogP contribution in [0.4, 0.5) is 0 Å². The minimum Gasteiger partial charge on any atom is -0.481 e. The topological polar surface area (TPSA) is 101 Å². The Morgan fingerprint density at radius 3 is 1.72 bits per heavy atom. The number of benzene rings is 2. The number of aliphatic carboxylic acids is 2. The van der Waals surface area contributed by atoms with Gasteiger partial charge < -0.3 is 15.9 Å². The summed E-state index contributed by atoms with van der Waals surface area (Å²) in [5, 5.41) is 20.1. The molecule has 0 amide bonds. The average molecular weight is 391 g/mol. The Balaban J connectivity index is 1.68. The first-order valence-corrected chi connectivity index (χ1v) is 10.2. The summed E-state index contributed by atoms with van der Waals surface area (Å²) in [5.74, 6) is -3.26. The Morgan fingerprint density at radius 1 is 0.862 bits per heavy atom. The van der Waals surface area contributed by atoms with Crippen LogP contribution in [0.15, 0.2) is 60.7 Å². The molecule has 3 aliphatic rings. The Bertz CT molecular complexity index is 927. The van der Waals surface area contributed by atoms with Gasteiger partial charge in [-0.25, -0.2) is 0 Å². The largest absolute Gasteiger partial charge is 0.481 e. The van der Waals surface area contributed by atoms with Crippen molar-refractivity contribution in [3.8, 4) is 0 Å². The molecule has 1 spiro atoms. The number of carbonyl (C=O) groups is 2. The van der Waals surface area contributed by atoms with Crippen molar-refractivity contribution in [3.05, 3.63) is 71.8 Å². The lowest BCUT2D eigenvalue weighted by Crippen LogP contribution is -2.65. The van der Waals surface area contributed by atoms with Crippen molar-refractivity contribution < 1.29 is 19.8 Å². The Hall–Kier alpha value is -2.66. The third-order valence-corrected chi connectivity index (χ3v) is 8.05. The predicted octanol–water partition coefficient (Wildman–Crippen LogP) is 2.98. The van der Waals surface area contributed by atoms with Gasteiger partial charge in [-0.15, -0.1) is 0 Å². The fraction of sp³-hybridized carbons (Fsp3) is 0.417. The third kappa shape index (κ3) is 2.25. The van der Waals surface area contributed by atoms with Gasteiger partial charge in [-0.2, -0.15) is 0 Å². The second-order valence-corrected chi connectivity index (χ2v) is 9.15. The van der Waals surface area contributed by atoms with Gasteiger partial charge in [-0.05, 0) is 48.1 Å². The van der Waals surface area contributed by atoms with Gasteiger partial charge in [0.2, 0.25) is 0 Å². The summed E-state index contributed by atoms with van der Waals surface area (Å²) >= 11 is 0. The van der Waals surface area contributed by atoms with Crippen molar-refractivity contribution in [2.75, 3.05) is 0 Å². The molecular weight excluding hydrogens is 366 g/mol. The van der Waals surface area contributed by atoms with Crippen LogP contribution in [-0.2, 0) is 22.4 Å². The van der Waals surface area contributed by atoms with Crippen LogP contribution >= 0.6 is 0 Å². The van der Waals surface area contributed by atoms with Gasteiger partial charge in [0, 0.05) is 11.3 Å². The lowest BCUT2D eigenvalue weighted by atomic mass is 9.56. The van der Waals surface area contributed by atoms with E-state index < -0.39 is 34.7 Å². The van der Waals surface area contributed by atoms with E-state index in [4.69, 9.17) is 5.73 Å². The normalized spacial score (nSPS) is 32.5. The maximum absolute atomic E-state index is 12.7. The van der Waals surface area contributed by atoms with Crippen LogP contribution in [0.2, 0.25) is 0 Å². The minimum absolute atomic E-state index is 0.145. The zero-order valence-corrected chi connectivity index (χ0v) is 16.1. The van der Waals surface area contributed by atoms with Crippen molar-refractivity contribution >= 4 is 11.9 Å². The summed E-state index contributed by atoms with van der Waals surface area (Å²) in [6, 6.07) is 19.8. The summed E-state index contributed by atoms with van der Waals surface area (Å²) in [6.45, 7) is 0. The molecule has 0 unspecified atom stereocenters. The lowest BCUT2D eigenvalue weighted by Gasteiger charge is -2.49. The Labute approximate surface area is 169 Å². The number of hydrogen-bond donors (Lipinski definition) is 3. The number of hydrogen-bond acceptors (Lipinski definition) is 3. The number of nitrogens with two attached hydrogens (primary N) is 1. The summed E-state index contributed by atoms with van der Waals surface area (Å²) in [4.78, 5) is 24.6. The molecule has 0 aliphatic heterocycles. The maximum atomic E-state index is 12.7. The molecule has 3 saturated carbocycles. The van der Waals surface area contributed by atoms with Crippen molar-refractivity contribution in [1.29, 1.82) is 0 Å². The van der Waals surface area contributed by atoms with Crippen molar-refractivity contribution in [3.63, 3.8) is 0 Å². The second kappa shape index (κ2) is 5.92. The summed E-state index contributed by atoms with van der Waals surface area (Å²) < 4.78 is 0. The molecule has 5 rings (SSSR count). The molecule has 4 atom stereocenters. The van der Waals surface area contributed by atoms with E-state index in [1.165, 1.54) is 0 Å². The molecule has 4 N–H and O–H groups in total. The van der Waals surface area contributed by atoms with E-state index in [0.717, 1.165) is 24.0 Å². The molecule has 0 aromatic heterocycles. The minimum atomic E-state index is -1.57. The van der Waals surface area contributed by atoms with Crippen LogP contribution in [0.1, 0.15) is 24.0 Å². The van der Waals surface area contributed by atoms with Gasteiger partial charge in [-0.1, -0.05) is 60.7 Å². The smallest absolute Gasteiger partial charge is 0.324 e. The molecule has 0 heterocycles. The summed E-state index contributed by atoms with van der Waals surface area (Å²) in [7, 11) is 0. The third-order valence-electron chi connectivity index (χ3n) is 8.05. The first kappa shape index (κ1) is 18.4. The summed E-state index contributed by atoms with van der Waals surface area (Å²) in [6.07, 6.45) is 2.80. The van der Waals surface area contributed by atoms with E-state index in [-0.39, 0.29) is 11.3 Å². The lowest BCUT2D eigenvalue weighted by molar-refractivity contribution is -0.153. The number of rotatable bonds is 6. The van der Waals surface area contributed by atoms with Crippen LogP contribution in [0.3, 0.4) is 0 Å². The highest BCUT2D eigenvalue weighted by molar-refractivity contribution is 5.88. The van der Waals surface area contributed by atoms with E-state index in [2.05, 4.69) is 0 Å². The quantitative estimate of drug-likeness (QED) is 0.703. The standard InChI is InChI=1S/C24H25NO4/c25-24(21(28)29)19-17(20(26)27)18(19)22(11-12-22)23(24,13-15-7-3-1-4-8-15)14-16-9-5-2-6-10-16/h1-10,17-19H,11-14,25H2,(H,26,27)(H,28,29)/t17-,18-,19+,24+/m0/s1. The Kier molecular flexibility index (Phi) is 3.75. The highest BCUT2D eigenvalue weighted by Crippen LogP contribution is 2.85. The predicted molar refractivity (Wildman–Crippen MR) is 107 cm³/mol. The molecule has 0 radical (unpaired) electrons. The van der Waals surface area contributed by atoms with Gasteiger partial charge in [0.1, 0.15) is 5.54 Å². The fourth-order valence-corrected chi connectivity index (χ4v) is 6.81. The van der Waals surface area contributed by atoms with Crippen molar-refractivity contribution in [2.24, 2.45) is 34.3 Å². The molecule has 0 bridgehead atoms. The SMILES string of the molecule is N[C@@]1(C(=O)O)[C@@H]2[C@@H](C(=O)O)[C@@H]2C2(CC2)C1(Cc1ccccc1)Cc1ccccc1. The van der Waals surface area contributed by atoms with Gasteiger partial charge in [0.05, 0.1) is 5.92 Å². The van der Waals surface area contributed by atoms with E-state index >= 15 is 0 Å². The number of carboxylic acids is 2. The van der Waals surface area contributed by atoms with E-state index in [1.54, 1.807) is 0 Å². The maximum Gasteiger partial charge on any atom is 0.324 e. The zero-order chi connectivity index (χ0) is 20.4. The first-order valence-electron chi connectivity index (χ1n) is 10.2. The second-order valence-electron chi connectivity index (χ2n) is 9.15. The summed E-state index contributed by atoms with van der Waals surface area (Å²) in [5.41, 5.74) is 6.35. The van der Waals surface area contributed by atoms with Gasteiger partial charge in [-0.3, -0.25) is 9.59 Å². The number of fused-ring (bicyclic) bond motifs is 2. The highest BCUT2D eigenvalue weighted by atomic mass is 16.4. The molecule has 3 fully saturated rings. The number of carboxylic acid groups (broad SMARTS) is 2. The Morgan fingerprint density at radius 2 is 1.34 bits per heavy atom. The molecular formula is C24H25NO4. The van der Waals surface area contributed by atoms with Crippen molar-refractivity contribution in [2.45, 2.75) is 31.2 Å². The molecule has 3 aliphatic carbocycles. The fourth-order valence-electron chi connectivity index (χ4n) is 6.81. The van der Waals surface area contributed by atoms with Gasteiger partial charge >= 0.3 is 11.9 Å². The molecule has 5 nitrogen and oxygen atoms in total. The van der Waals surface area contributed by atoms with Crippen LogP contribution in [0.5, 0.6) is 0 Å². The molecule has 150 valence electrons. The van der Waals surface area contributed by atoms with E-state index in [9.17, 15) is 19.8 Å². The molecule has 2 aromatic rings.